The zero-order chi connectivity index (χ0) is 14.5. The van der Waals surface area contributed by atoms with Crippen LogP contribution in [-0.4, -0.2) is 18.1 Å². The smallest absolute Gasteiger partial charge is 0.339 e. The monoisotopic (exact) mass is 276 g/mol. The number of esters is 1. The Balaban J connectivity index is 2.06. The molecular formula is C14H13FN2O3. The third-order valence-corrected chi connectivity index (χ3v) is 2.61. The summed E-state index contributed by atoms with van der Waals surface area (Å²) < 4.78 is 23.3. The Labute approximate surface area is 115 Å². The largest absolute Gasteiger partial charge is 0.482 e. The molecule has 104 valence electrons. The topological polar surface area (TPSA) is 74.4 Å². The summed E-state index contributed by atoms with van der Waals surface area (Å²) in [7, 11) is 1.29. The number of hydrogen-bond donors (Lipinski definition) is 1. The Hall–Kier alpha value is -2.63. The van der Waals surface area contributed by atoms with Gasteiger partial charge in [0.2, 0.25) is 0 Å². The second-order valence-corrected chi connectivity index (χ2v) is 3.98. The number of aromatic nitrogens is 1. The van der Waals surface area contributed by atoms with Gasteiger partial charge in [-0.3, -0.25) is 4.98 Å². The van der Waals surface area contributed by atoms with Crippen LogP contribution in [0.2, 0.25) is 0 Å². The Bertz CT molecular complexity index is 594. The number of anilines is 1. The summed E-state index contributed by atoms with van der Waals surface area (Å²) in [5.41, 5.74) is 6.72. The summed E-state index contributed by atoms with van der Waals surface area (Å²) in [5.74, 6) is -1.01. The quantitative estimate of drug-likeness (QED) is 0.684. The maximum atomic E-state index is 13.5. The summed E-state index contributed by atoms with van der Waals surface area (Å²) in [6.45, 7) is 0.0482. The zero-order valence-electron chi connectivity index (χ0n) is 10.8. The molecule has 0 aliphatic rings. The molecule has 0 fully saturated rings. The third-order valence-electron chi connectivity index (χ3n) is 2.61. The lowest BCUT2D eigenvalue weighted by molar-refractivity contribution is 0.0600. The molecule has 0 amide bonds. The number of carbonyl (C=O) groups is 1. The van der Waals surface area contributed by atoms with Crippen molar-refractivity contribution in [3.8, 4) is 5.75 Å². The van der Waals surface area contributed by atoms with Gasteiger partial charge in [0.1, 0.15) is 6.61 Å². The van der Waals surface area contributed by atoms with Crippen molar-refractivity contribution in [1.29, 1.82) is 0 Å². The predicted octanol–water partition coefficient (Wildman–Crippen LogP) is 2.17. The highest BCUT2D eigenvalue weighted by atomic mass is 19.1. The number of benzene rings is 1. The molecule has 0 aliphatic heterocycles. The summed E-state index contributed by atoms with van der Waals surface area (Å²) >= 11 is 0. The first-order chi connectivity index (χ1) is 9.61. The molecule has 6 heteroatoms. The fourth-order valence-corrected chi connectivity index (χ4v) is 1.57. The van der Waals surface area contributed by atoms with Gasteiger partial charge in [-0.25, -0.2) is 9.18 Å². The second kappa shape index (κ2) is 6.01. The zero-order valence-corrected chi connectivity index (χ0v) is 10.8. The van der Waals surface area contributed by atoms with E-state index >= 15 is 0 Å². The van der Waals surface area contributed by atoms with E-state index in [1.54, 1.807) is 18.2 Å². The molecular weight excluding hydrogens is 263 g/mol. The first-order valence-corrected chi connectivity index (χ1v) is 5.82. The van der Waals surface area contributed by atoms with Crippen LogP contribution in [0.3, 0.4) is 0 Å². The molecule has 1 aromatic heterocycles. The highest BCUT2D eigenvalue weighted by Crippen LogP contribution is 2.25. The van der Waals surface area contributed by atoms with Gasteiger partial charge < -0.3 is 15.2 Å². The minimum atomic E-state index is -0.531. The van der Waals surface area contributed by atoms with Crippen LogP contribution in [0.1, 0.15) is 16.1 Å². The lowest BCUT2D eigenvalue weighted by atomic mass is 10.2. The van der Waals surface area contributed by atoms with Crippen LogP contribution in [0.25, 0.3) is 0 Å². The minimum Gasteiger partial charge on any atom is -0.482 e. The first-order valence-electron chi connectivity index (χ1n) is 5.82. The molecule has 0 saturated heterocycles. The van der Waals surface area contributed by atoms with Crippen LogP contribution in [0.5, 0.6) is 5.75 Å². The van der Waals surface area contributed by atoms with E-state index in [9.17, 15) is 9.18 Å². The van der Waals surface area contributed by atoms with Gasteiger partial charge in [0.15, 0.2) is 11.6 Å². The van der Waals surface area contributed by atoms with Crippen molar-refractivity contribution >= 4 is 11.7 Å². The molecule has 2 aromatic rings. The van der Waals surface area contributed by atoms with Crippen molar-refractivity contribution in [3.05, 3.63) is 53.6 Å². The molecule has 1 heterocycles. The fourth-order valence-electron chi connectivity index (χ4n) is 1.57. The van der Waals surface area contributed by atoms with Crippen LogP contribution in [0, 0.1) is 5.82 Å². The van der Waals surface area contributed by atoms with Gasteiger partial charge >= 0.3 is 5.97 Å². The molecule has 0 saturated carbocycles. The number of rotatable bonds is 4. The van der Waals surface area contributed by atoms with Gasteiger partial charge in [-0.15, -0.1) is 0 Å². The molecule has 0 radical (unpaired) electrons. The molecule has 1 aromatic carbocycles. The van der Waals surface area contributed by atoms with Gasteiger partial charge in [0, 0.05) is 6.20 Å². The number of hydrogen-bond acceptors (Lipinski definition) is 5. The second-order valence-electron chi connectivity index (χ2n) is 3.98. The van der Waals surface area contributed by atoms with Crippen molar-refractivity contribution in [1.82, 2.24) is 4.98 Å². The Kier molecular flexibility index (Phi) is 4.14. The van der Waals surface area contributed by atoms with Crippen LogP contribution >= 0.6 is 0 Å². The number of nitrogen functional groups attached to an aromatic ring is 1. The summed E-state index contributed by atoms with van der Waals surface area (Å²) in [5, 5.41) is 0. The maximum Gasteiger partial charge on any atom is 0.339 e. The molecule has 5 nitrogen and oxygen atoms in total. The molecule has 2 N–H and O–H groups in total. The SMILES string of the molecule is COC(=O)c1ccc(COc2c(N)cccc2F)nc1. The van der Waals surface area contributed by atoms with Gasteiger partial charge in [0.25, 0.3) is 0 Å². The highest BCUT2D eigenvalue weighted by molar-refractivity contribution is 5.88. The number of methoxy groups -OCH3 is 1. The van der Waals surface area contributed by atoms with E-state index in [1.807, 2.05) is 0 Å². The van der Waals surface area contributed by atoms with E-state index in [0.717, 1.165) is 0 Å². The maximum absolute atomic E-state index is 13.5. The van der Waals surface area contributed by atoms with E-state index in [1.165, 1.54) is 25.4 Å². The molecule has 20 heavy (non-hydrogen) atoms. The molecule has 2 rings (SSSR count). The van der Waals surface area contributed by atoms with Gasteiger partial charge in [-0.05, 0) is 24.3 Å². The molecule has 0 spiro atoms. The Morgan fingerprint density at radius 1 is 1.35 bits per heavy atom. The fraction of sp³-hybridized carbons (Fsp3) is 0.143. The molecule has 0 bridgehead atoms. The summed E-state index contributed by atoms with van der Waals surface area (Å²) in [6, 6.07) is 7.47. The van der Waals surface area contributed by atoms with Crippen molar-refractivity contribution in [2.75, 3.05) is 12.8 Å². The van der Waals surface area contributed by atoms with Gasteiger partial charge in [-0.1, -0.05) is 6.07 Å². The first kappa shape index (κ1) is 13.8. The normalized spacial score (nSPS) is 10.1. The predicted molar refractivity (Wildman–Crippen MR) is 70.7 cm³/mol. The van der Waals surface area contributed by atoms with Crippen LogP contribution in [0.15, 0.2) is 36.5 Å². The van der Waals surface area contributed by atoms with Crippen molar-refractivity contribution in [2.24, 2.45) is 0 Å². The van der Waals surface area contributed by atoms with Gasteiger partial charge in [0.05, 0.1) is 24.1 Å². The van der Waals surface area contributed by atoms with E-state index < -0.39 is 11.8 Å². The Morgan fingerprint density at radius 3 is 2.75 bits per heavy atom. The molecule has 0 unspecified atom stereocenters. The van der Waals surface area contributed by atoms with E-state index in [4.69, 9.17) is 10.5 Å². The number of carbonyl (C=O) groups excluding carboxylic acids is 1. The number of halogens is 1. The van der Waals surface area contributed by atoms with E-state index in [2.05, 4.69) is 9.72 Å². The third kappa shape index (κ3) is 3.03. The highest BCUT2D eigenvalue weighted by Gasteiger charge is 2.09. The standard InChI is InChI=1S/C14H13FN2O3/c1-19-14(18)9-5-6-10(17-7-9)8-20-13-11(15)3-2-4-12(13)16/h2-7H,8,16H2,1H3. The average molecular weight is 276 g/mol. The summed E-state index contributed by atoms with van der Waals surface area (Å²) in [4.78, 5) is 15.3. The van der Waals surface area contributed by atoms with Crippen molar-refractivity contribution < 1.29 is 18.7 Å². The number of pyridine rings is 1. The number of nitrogens with zero attached hydrogens (tertiary/aromatic N) is 1. The molecule has 0 aliphatic carbocycles. The summed E-state index contributed by atoms with van der Waals surface area (Å²) in [6.07, 6.45) is 1.37. The average Bonchev–Trinajstić information content (AvgIpc) is 2.46. The van der Waals surface area contributed by atoms with Crippen LogP contribution in [-0.2, 0) is 11.3 Å². The number of nitrogens with two attached hydrogens (primary N) is 1. The lowest BCUT2D eigenvalue weighted by Gasteiger charge is -2.09. The number of ether oxygens (including phenoxy) is 2. The minimum absolute atomic E-state index is 0.00801. The van der Waals surface area contributed by atoms with Crippen molar-refractivity contribution in [2.45, 2.75) is 6.61 Å². The van der Waals surface area contributed by atoms with Gasteiger partial charge in [-0.2, -0.15) is 0 Å². The lowest BCUT2D eigenvalue weighted by Crippen LogP contribution is -2.05. The van der Waals surface area contributed by atoms with E-state index in [-0.39, 0.29) is 18.0 Å². The number of para-hydroxylation sites is 1. The van der Waals surface area contributed by atoms with Crippen LogP contribution in [0.4, 0.5) is 10.1 Å². The van der Waals surface area contributed by atoms with Crippen LogP contribution < -0.4 is 10.5 Å². The molecule has 0 atom stereocenters. The van der Waals surface area contributed by atoms with Crippen molar-refractivity contribution in [3.63, 3.8) is 0 Å². The Morgan fingerprint density at radius 2 is 2.15 bits per heavy atom. The van der Waals surface area contributed by atoms with E-state index in [0.29, 0.717) is 11.3 Å².